The summed E-state index contributed by atoms with van der Waals surface area (Å²) in [5, 5.41) is 10.6. The van der Waals surface area contributed by atoms with Crippen molar-refractivity contribution in [3.05, 3.63) is 0 Å². The van der Waals surface area contributed by atoms with E-state index in [0.29, 0.717) is 25.7 Å². The highest BCUT2D eigenvalue weighted by Gasteiger charge is 2.30. The average Bonchev–Trinajstić information content (AvgIpc) is 1.66. The van der Waals surface area contributed by atoms with Crippen molar-refractivity contribution in [2.45, 2.75) is 426 Å². The highest BCUT2D eigenvalue weighted by molar-refractivity contribution is 7.47. The van der Waals surface area contributed by atoms with Gasteiger partial charge in [-0.3, -0.25) is 37.3 Å². The van der Waals surface area contributed by atoms with Crippen molar-refractivity contribution >= 4 is 39.5 Å². The van der Waals surface area contributed by atoms with Gasteiger partial charge in [0.25, 0.3) is 0 Å². The lowest BCUT2D eigenvalue weighted by Gasteiger charge is -2.21. The van der Waals surface area contributed by atoms with Crippen molar-refractivity contribution in [2.24, 2.45) is 11.8 Å². The molecule has 3 N–H and O–H groups in total. The van der Waals surface area contributed by atoms with Crippen LogP contribution >= 0.6 is 15.6 Å². The average molecular weight is 1420 g/mol. The summed E-state index contributed by atoms with van der Waals surface area (Å²) in [4.78, 5) is 72.8. The Bertz CT molecular complexity index is 1870. The molecule has 576 valence electrons. The third-order valence-corrected chi connectivity index (χ3v) is 20.1. The van der Waals surface area contributed by atoms with Crippen LogP contribution in [0.4, 0.5) is 0 Å². The SMILES string of the molecule is CCCCCCCCCCCCCCCCCCCCCCCCC(=O)O[C@H](COC(=O)CCCCCCCCCCCCCC(C)C)COP(=O)(O)OC[C@@H](O)COP(=O)(O)OC[C@@H](COC(=O)CCCCCCCCCCC)OC(=O)CCCCCCCCCCCC(C)C. The van der Waals surface area contributed by atoms with Gasteiger partial charge in [0.05, 0.1) is 26.4 Å². The lowest BCUT2D eigenvalue weighted by molar-refractivity contribution is -0.161. The maximum absolute atomic E-state index is 13.1. The van der Waals surface area contributed by atoms with Gasteiger partial charge in [-0.15, -0.1) is 0 Å². The number of aliphatic hydroxyl groups is 1. The zero-order chi connectivity index (χ0) is 71.4. The van der Waals surface area contributed by atoms with Gasteiger partial charge >= 0.3 is 39.5 Å². The number of ether oxygens (including phenoxy) is 4. The van der Waals surface area contributed by atoms with Gasteiger partial charge in [-0.2, -0.15) is 0 Å². The van der Waals surface area contributed by atoms with E-state index >= 15 is 0 Å². The highest BCUT2D eigenvalue weighted by Crippen LogP contribution is 2.45. The number of aliphatic hydroxyl groups excluding tert-OH is 1. The standard InChI is InChI=1S/C78H152O17P2/c1-7-9-11-13-15-17-18-19-20-21-22-23-24-25-26-27-28-31-38-44-50-56-62-77(82)94-74(67-89-76(81)61-55-49-43-37-32-29-30-35-40-46-52-58-70(3)4)69-93-97(86,87)91-65-72(79)64-90-96(84,85)92-68-73(66-88-75(80)60-54-48-42-34-16-14-12-10-8-2)95-78(83)63-57-51-45-39-33-36-41-47-53-59-71(5)6/h70-74,79H,7-69H2,1-6H3,(H,84,85)(H,86,87)/t72-,73+,74+/m0/s1. The molecule has 0 aliphatic carbocycles. The number of rotatable bonds is 77. The minimum absolute atomic E-state index is 0.105. The van der Waals surface area contributed by atoms with Gasteiger partial charge in [-0.1, -0.05) is 356 Å². The highest BCUT2D eigenvalue weighted by atomic mass is 31.2. The fourth-order valence-electron chi connectivity index (χ4n) is 12.0. The minimum atomic E-state index is -4.96. The Morgan fingerprint density at radius 3 is 0.701 bits per heavy atom. The molecule has 0 aliphatic rings. The van der Waals surface area contributed by atoms with Crippen molar-refractivity contribution in [3.8, 4) is 0 Å². The Morgan fingerprint density at radius 2 is 0.474 bits per heavy atom. The number of phosphoric acid groups is 2. The van der Waals surface area contributed by atoms with Crippen LogP contribution in [0.3, 0.4) is 0 Å². The topological polar surface area (TPSA) is 237 Å². The number of hydrogen-bond donors (Lipinski definition) is 3. The molecule has 97 heavy (non-hydrogen) atoms. The molecule has 0 spiro atoms. The van der Waals surface area contributed by atoms with E-state index in [-0.39, 0.29) is 25.7 Å². The predicted molar refractivity (Wildman–Crippen MR) is 395 cm³/mol. The molecular weight excluding hydrogens is 1270 g/mol. The van der Waals surface area contributed by atoms with Crippen LogP contribution in [0, 0.1) is 11.8 Å². The Labute approximate surface area is 594 Å². The van der Waals surface area contributed by atoms with Gasteiger partial charge in [-0.25, -0.2) is 9.13 Å². The normalized spacial score (nSPS) is 14.0. The maximum atomic E-state index is 13.1. The van der Waals surface area contributed by atoms with Crippen LogP contribution in [0.25, 0.3) is 0 Å². The van der Waals surface area contributed by atoms with Crippen LogP contribution in [0.5, 0.6) is 0 Å². The first-order valence-electron chi connectivity index (χ1n) is 40.5. The molecule has 0 aromatic rings. The van der Waals surface area contributed by atoms with Crippen LogP contribution in [0.15, 0.2) is 0 Å². The van der Waals surface area contributed by atoms with Crippen LogP contribution in [-0.4, -0.2) is 96.7 Å². The fourth-order valence-corrected chi connectivity index (χ4v) is 13.6. The van der Waals surface area contributed by atoms with Crippen molar-refractivity contribution in [1.82, 2.24) is 0 Å². The molecule has 0 rings (SSSR count). The summed E-state index contributed by atoms with van der Waals surface area (Å²) < 4.78 is 68.5. The van der Waals surface area contributed by atoms with Gasteiger partial charge < -0.3 is 33.8 Å². The quantitative estimate of drug-likeness (QED) is 0.0222. The van der Waals surface area contributed by atoms with Gasteiger partial charge in [0.1, 0.15) is 19.3 Å². The number of esters is 4. The molecule has 0 saturated heterocycles. The third kappa shape index (κ3) is 72.2. The molecule has 2 unspecified atom stereocenters. The lowest BCUT2D eigenvalue weighted by atomic mass is 10.0. The van der Waals surface area contributed by atoms with Crippen LogP contribution in [-0.2, 0) is 65.4 Å². The Kier molecular flexibility index (Phi) is 68.4. The van der Waals surface area contributed by atoms with Gasteiger partial charge in [-0.05, 0) is 37.5 Å². The number of carbonyl (C=O) groups excluding carboxylic acids is 4. The summed E-state index contributed by atoms with van der Waals surface area (Å²) in [5.41, 5.74) is 0. The number of hydrogen-bond acceptors (Lipinski definition) is 15. The fraction of sp³-hybridized carbons (Fsp3) is 0.949. The Morgan fingerprint density at radius 1 is 0.278 bits per heavy atom. The van der Waals surface area contributed by atoms with Gasteiger partial charge in [0, 0.05) is 25.7 Å². The molecule has 5 atom stereocenters. The molecule has 0 aromatic carbocycles. The number of unbranched alkanes of at least 4 members (excludes halogenated alkanes) is 47. The summed E-state index contributed by atoms with van der Waals surface area (Å²) in [6.07, 6.45) is 58.5. The number of carbonyl (C=O) groups is 4. The molecule has 0 aliphatic heterocycles. The zero-order valence-electron chi connectivity index (χ0n) is 63.4. The van der Waals surface area contributed by atoms with E-state index in [1.54, 1.807) is 0 Å². The molecular formula is C78H152O17P2. The second-order valence-electron chi connectivity index (χ2n) is 29.1. The second kappa shape index (κ2) is 69.8. The molecule has 0 bridgehead atoms. The van der Waals surface area contributed by atoms with E-state index in [4.69, 9.17) is 37.0 Å². The largest absolute Gasteiger partial charge is 0.472 e. The molecule has 0 radical (unpaired) electrons. The maximum Gasteiger partial charge on any atom is 0.472 e. The first kappa shape index (κ1) is 95.1. The smallest absolute Gasteiger partial charge is 0.462 e. The first-order valence-corrected chi connectivity index (χ1v) is 43.5. The van der Waals surface area contributed by atoms with Gasteiger partial charge in [0.2, 0.25) is 0 Å². The first-order chi connectivity index (χ1) is 46.9. The molecule has 0 amide bonds. The molecule has 0 fully saturated rings. The molecule has 19 heteroatoms. The predicted octanol–water partition coefficient (Wildman–Crippen LogP) is 23.1. The van der Waals surface area contributed by atoms with Crippen LogP contribution in [0.2, 0.25) is 0 Å². The second-order valence-corrected chi connectivity index (χ2v) is 32.0. The summed E-state index contributed by atoms with van der Waals surface area (Å²) >= 11 is 0. The summed E-state index contributed by atoms with van der Waals surface area (Å²) in [6.45, 7) is 9.57. The van der Waals surface area contributed by atoms with E-state index in [0.717, 1.165) is 102 Å². The summed E-state index contributed by atoms with van der Waals surface area (Å²) in [7, 11) is -9.91. The van der Waals surface area contributed by atoms with E-state index < -0.39 is 97.5 Å². The molecule has 0 heterocycles. The van der Waals surface area contributed by atoms with E-state index in [2.05, 4.69) is 41.5 Å². The van der Waals surface area contributed by atoms with Gasteiger partial charge in [0.15, 0.2) is 12.2 Å². The number of phosphoric ester groups is 2. The van der Waals surface area contributed by atoms with Crippen LogP contribution in [0.1, 0.15) is 408 Å². The molecule has 0 aromatic heterocycles. The van der Waals surface area contributed by atoms with E-state index in [1.807, 2.05) is 0 Å². The van der Waals surface area contributed by atoms with Crippen molar-refractivity contribution in [2.75, 3.05) is 39.6 Å². The minimum Gasteiger partial charge on any atom is -0.462 e. The summed E-state index contributed by atoms with van der Waals surface area (Å²) in [5.74, 6) is -0.609. The van der Waals surface area contributed by atoms with Crippen LogP contribution < -0.4 is 0 Å². The summed E-state index contributed by atoms with van der Waals surface area (Å²) in [6, 6.07) is 0. The third-order valence-electron chi connectivity index (χ3n) is 18.2. The molecule has 17 nitrogen and oxygen atoms in total. The monoisotopic (exact) mass is 1420 g/mol. The molecule has 0 saturated carbocycles. The lowest BCUT2D eigenvalue weighted by Crippen LogP contribution is -2.30. The Hall–Kier alpha value is -1.94. The zero-order valence-corrected chi connectivity index (χ0v) is 65.2. The van der Waals surface area contributed by atoms with Crippen molar-refractivity contribution in [1.29, 1.82) is 0 Å². The van der Waals surface area contributed by atoms with Crippen molar-refractivity contribution in [3.63, 3.8) is 0 Å². The Balaban J connectivity index is 5.18. The van der Waals surface area contributed by atoms with E-state index in [9.17, 15) is 43.2 Å². The van der Waals surface area contributed by atoms with E-state index in [1.165, 1.54) is 225 Å². The van der Waals surface area contributed by atoms with Crippen molar-refractivity contribution < 1.29 is 80.2 Å².